The molecule has 1 aliphatic heterocycles. The molecule has 2 fully saturated rings. The highest BCUT2D eigenvalue weighted by molar-refractivity contribution is 5.88. The van der Waals surface area contributed by atoms with Crippen LogP contribution in [0.2, 0.25) is 0 Å². The second-order valence-electron chi connectivity index (χ2n) is 12.7. The third-order valence-electron chi connectivity index (χ3n) is 8.17. The third kappa shape index (κ3) is 7.75. The lowest BCUT2D eigenvalue weighted by Crippen LogP contribution is -2.49. The summed E-state index contributed by atoms with van der Waals surface area (Å²) in [6, 6.07) is 3.90. The summed E-state index contributed by atoms with van der Waals surface area (Å²) in [5.74, 6) is -0.677. The summed E-state index contributed by atoms with van der Waals surface area (Å²) in [5, 5.41) is 28.8. The van der Waals surface area contributed by atoms with Crippen molar-refractivity contribution in [2.45, 2.75) is 96.2 Å². The van der Waals surface area contributed by atoms with Gasteiger partial charge < -0.3 is 34.5 Å². The maximum absolute atomic E-state index is 13.1. The smallest absolute Gasteiger partial charge is 0.415 e. The number of fused-ring (bicyclic) bond motifs is 1. The standard InChI is InChI=1S/C31H42N6O9/c1-18(2)43-17-44-29(41)36-27-20-11-12-22(37(20)35-16-34-27)31(15-32)26(39)24(45-28(40)25(33)30(3,4)5)21(46-31)14-42-23(38)13-19-9-7-6-8-10-19/h11-12,16,19,21,24-26,39H,1,6-10,13-14,17,33H2,2-5H3,(H,34,35,36,41)/t21-,24-,25-,26-,31+/m1/s1. The molecule has 2 aliphatic rings. The molecular formula is C31H42N6O9. The molecule has 0 spiro atoms. The normalized spacial score (nSPS) is 24.1. The summed E-state index contributed by atoms with van der Waals surface area (Å²) in [4.78, 5) is 42.3. The lowest BCUT2D eigenvalue weighted by atomic mass is 9.87. The van der Waals surface area contributed by atoms with E-state index in [0.717, 1.165) is 38.4 Å². The van der Waals surface area contributed by atoms with E-state index in [9.17, 15) is 24.8 Å². The number of nitrogens with one attached hydrogen (secondary N) is 1. The molecule has 0 bridgehead atoms. The average molecular weight is 643 g/mol. The van der Waals surface area contributed by atoms with E-state index in [-0.39, 0.29) is 36.2 Å². The van der Waals surface area contributed by atoms with Crippen LogP contribution in [0.15, 0.2) is 30.8 Å². The number of nitriles is 1. The summed E-state index contributed by atoms with van der Waals surface area (Å²) in [6.07, 6.45) is 1.19. The van der Waals surface area contributed by atoms with Crippen LogP contribution in [0.3, 0.4) is 0 Å². The Morgan fingerprint density at radius 3 is 2.61 bits per heavy atom. The van der Waals surface area contributed by atoms with Gasteiger partial charge in [0.1, 0.15) is 42.8 Å². The first-order valence-electron chi connectivity index (χ1n) is 15.2. The van der Waals surface area contributed by atoms with Gasteiger partial charge in [-0.15, -0.1) is 0 Å². The number of aromatic nitrogens is 3. The summed E-state index contributed by atoms with van der Waals surface area (Å²) in [5.41, 5.74) is 3.58. The van der Waals surface area contributed by atoms with Crippen LogP contribution in [0.4, 0.5) is 10.6 Å². The number of carbonyl (C=O) groups excluding carboxylic acids is 3. The van der Waals surface area contributed by atoms with Crippen molar-refractivity contribution in [2.75, 3.05) is 18.7 Å². The highest BCUT2D eigenvalue weighted by Crippen LogP contribution is 2.42. The number of ether oxygens (including phenoxy) is 5. The maximum atomic E-state index is 13.1. The van der Waals surface area contributed by atoms with Crippen LogP contribution in [0, 0.1) is 22.7 Å². The van der Waals surface area contributed by atoms with Crippen molar-refractivity contribution in [2.24, 2.45) is 17.1 Å². The van der Waals surface area contributed by atoms with Crippen molar-refractivity contribution < 1.29 is 43.2 Å². The van der Waals surface area contributed by atoms with Crippen molar-refractivity contribution in [3.8, 4) is 6.07 Å². The molecule has 4 rings (SSSR count). The molecule has 15 heteroatoms. The number of anilines is 1. The molecule has 2 aromatic rings. The summed E-state index contributed by atoms with van der Waals surface area (Å²) < 4.78 is 28.6. The zero-order valence-electron chi connectivity index (χ0n) is 26.6. The van der Waals surface area contributed by atoms with Gasteiger partial charge in [-0.1, -0.05) is 46.6 Å². The van der Waals surface area contributed by atoms with E-state index < -0.39 is 60.0 Å². The first-order chi connectivity index (χ1) is 21.8. The number of nitrogens with two attached hydrogens (primary N) is 1. The Balaban J connectivity index is 1.60. The largest absolute Gasteiger partial charge is 0.463 e. The van der Waals surface area contributed by atoms with E-state index in [1.807, 2.05) is 6.07 Å². The van der Waals surface area contributed by atoms with E-state index in [1.54, 1.807) is 27.7 Å². The molecule has 0 aromatic carbocycles. The zero-order valence-corrected chi connectivity index (χ0v) is 26.6. The minimum atomic E-state index is -2.15. The van der Waals surface area contributed by atoms with Crippen molar-refractivity contribution in [1.29, 1.82) is 5.26 Å². The molecule has 1 amide bonds. The number of aliphatic hydroxyl groups excluding tert-OH is 1. The van der Waals surface area contributed by atoms with Crippen LogP contribution < -0.4 is 11.1 Å². The summed E-state index contributed by atoms with van der Waals surface area (Å²) in [7, 11) is 0. The zero-order chi connectivity index (χ0) is 33.6. The van der Waals surface area contributed by atoms with Gasteiger partial charge in [0, 0.05) is 6.42 Å². The first kappa shape index (κ1) is 34.6. The lowest BCUT2D eigenvalue weighted by molar-refractivity contribution is -0.163. The van der Waals surface area contributed by atoms with Crippen LogP contribution >= 0.6 is 0 Å². The summed E-state index contributed by atoms with van der Waals surface area (Å²) >= 11 is 0. The number of esters is 2. The van der Waals surface area contributed by atoms with Crippen LogP contribution in [0.5, 0.6) is 0 Å². The molecule has 1 aliphatic carbocycles. The Labute approximate surface area is 267 Å². The van der Waals surface area contributed by atoms with Gasteiger partial charge in [-0.05, 0) is 43.2 Å². The number of nitrogens with zero attached hydrogens (tertiary/aromatic N) is 4. The Hall–Kier alpha value is -4.26. The van der Waals surface area contributed by atoms with Gasteiger partial charge in [-0.2, -0.15) is 10.4 Å². The molecule has 2 aromatic heterocycles. The molecule has 0 radical (unpaired) electrons. The SMILES string of the molecule is C=C(C)OCOC(=O)Nc1ncnn2c([C@]3(C#N)O[C@H](COC(=O)CC4CCCCC4)[C@@H](OC(=O)[C@@H](N)C(C)(C)C)[C@H]3O)ccc12. The molecule has 1 saturated heterocycles. The number of aliphatic hydroxyl groups is 1. The number of amides is 1. The van der Waals surface area contributed by atoms with E-state index in [4.69, 9.17) is 29.4 Å². The molecule has 250 valence electrons. The fourth-order valence-corrected chi connectivity index (χ4v) is 5.49. The molecule has 46 heavy (non-hydrogen) atoms. The fraction of sp³-hybridized carbons (Fsp3) is 0.613. The first-order valence-corrected chi connectivity index (χ1v) is 15.2. The van der Waals surface area contributed by atoms with Crippen molar-refractivity contribution in [3.63, 3.8) is 0 Å². The predicted molar refractivity (Wildman–Crippen MR) is 161 cm³/mol. The predicted octanol–water partition coefficient (Wildman–Crippen LogP) is 3.06. The third-order valence-corrected chi connectivity index (χ3v) is 8.17. The second-order valence-corrected chi connectivity index (χ2v) is 12.7. The Morgan fingerprint density at radius 1 is 1.24 bits per heavy atom. The van der Waals surface area contributed by atoms with Crippen LogP contribution in [0.1, 0.15) is 71.9 Å². The number of hydrogen-bond acceptors (Lipinski definition) is 13. The lowest BCUT2D eigenvalue weighted by Gasteiger charge is -2.29. The number of hydrogen-bond donors (Lipinski definition) is 3. The van der Waals surface area contributed by atoms with E-state index in [0.29, 0.717) is 5.76 Å². The van der Waals surface area contributed by atoms with Crippen molar-refractivity contribution in [3.05, 3.63) is 36.5 Å². The number of rotatable bonds is 11. The van der Waals surface area contributed by atoms with Crippen molar-refractivity contribution >= 4 is 29.4 Å². The molecule has 3 heterocycles. The summed E-state index contributed by atoms with van der Waals surface area (Å²) in [6.45, 7) is 9.65. The van der Waals surface area contributed by atoms with Crippen LogP contribution in [-0.4, -0.2) is 75.5 Å². The average Bonchev–Trinajstić information content (AvgIpc) is 3.55. The van der Waals surface area contributed by atoms with E-state index in [1.165, 1.54) is 16.6 Å². The van der Waals surface area contributed by atoms with Gasteiger partial charge in [-0.3, -0.25) is 14.9 Å². The van der Waals surface area contributed by atoms with Crippen molar-refractivity contribution in [1.82, 2.24) is 14.6 Å². The Kier molecular flexibility index (Phi) is 10.9. The monoisotopic (exact) mass is 642 g/mol. The highest BCUT2D eigenvalue weighted by Gasteiger charge is 2.60. The van der Waals surface area contributed by atoms with Gasteiger partial charge in [0.2, 0.25) is 12.4 Å². The molecule has 0 unspecified atom stereocenters. The Morgan fingerprint density at radius 2 is 1.96 bits per heavy atom. The molecule has 5 atom stereocenters. The quantitative estimate of drug-likeness (QED) is 0.139. The Bertz CT molecular complexity index is 1470. The number of carbonyl (C=O) groups is 3. The van der Waals surface area contributed by atoms with Gasteiger partial charge in [0.05, 0.1) is 11.5 Å². The van der Waals surface area contributed by atoms with Crippen LogP contribution in [0.25, 0.3) is 5.52 Å². The molecular weight excluding hydrogens is 600 g/mol. The maximum Gasteiger partial charge on any atom is 0.415 e. The molecule has 15 nitrogen and oxygen atoms in total. The topological polar surface area (TPSA) is 210 Å². The molecule has 4 N–H and O–H groups in total. The van der Waals surface area contributed by atoms with Gasteiger partial charge >= 0.3 is 18.0 Å². The highest BCUT2D eigenvalue weighted by atomic mass is 16.7. The minimum Gasteiger partial charge on any atom is -0.463 e. The minimum absolute atomic E-state index is 0.0227. The van der Waals surface area contributed by atoms with Gasteiger partial charge in [0.25, 0.3) is 0 Å². The van der Waals surface area contributed by atoms with Gasteiger partial charge in [0.15, 0.2) is 11.9 Å². The molecule has 1 saturated carbocycles. The van der Waals surface area contributed by atoms with E-state index in [2.05, 4.69) is 22.0 Å². The fourth-order valence-electron chi connectivity index (χ4n) is 5.49. The number of allylic oxidation sites excluding steroid dienone is 1. The second kappa shape index (κ2) is 14.4. The van der Waals surface area contributed by atoms with E-state index >= 15 is 0 Å². The van der Waals surface area contributed by atoms with Crippen LogP contribution in [-0.2, 0) is 38.9 Å². The van der Waals surface area contributed by atoms with Gasteiger partial charge in [-0.25, -0.2) is 14.3 Å².